The van der Waals surface area contributed by atoms with Crippen LogP contribution >= 0.6 is 0 Å². The summed E-state index contributed by atoms with van der Waals surface area (Å²) in [6, 6.07) is 5.76. The molecular weight excluding hydrogens is 352 g/mol. The first kappa shape index (κ1) is 16.1. The molecule has 1 aliphatic carbocycles. The van der Waals surface area contributed by atoms with E-state index in [0.29, 0.717) is 30.0 Å². The van der Waals surface area contributed by atoms with Crippen molar-refractivity contribution < 1.29 is 14.2 Å². The molecule has 6 aliphatic rings. The molecule has 6 atom stereocenters. The van der Waals surface area contributed by atoms with Crippen LogP contribution in [-0.4, -0.2) is 63.5 Å². The van der Waals surface area contributed by atoms with E-state index in [1.807, 2.05) is 0 Å². The van der Waals surface area contributed by atoms with Crippen LogP contribution in [-0.2, 0) is 10.2 Å². The Morgan fingerprint density at radius 2 is 2.00 bits per heavy atom. The number of rotatable bonds is 2. The Morgan fingerprint density at radius 1 is 1.14 bits per heavy atom. The van der Waals surface area contributed by atoms with Gasteiger partial charge in [0.2, 0.25) is 0 Å². The zero-order chi connectivity index (χ0) is 18.6. The van der Waals surface area contributed by atoms with Gasteiger partial charge in [-0.05, 0) is 43.4 Å². The third-order valence-corrected chi connectivity index (χ3v) is 8.93. The number of methoxy groups -OCH3 is 2. The molecule has 148 valence electrons. The second-order valence-electron chi connectivity index (χ2n) is 9.50. The first-order valence-corrected chi connectivity index (χ1v) is 10.8. The number of anilines is 1. The summed E-state index contributed by atoms with van der Waals surface area (Å²) in [5, 5.41) is 0. The summed E-state index contributed by atoms with van der Waals surface area (Å²) in [6.45, 7) is 4.26. The molecule has 0 aromatic heterocycles. The van der Waals surface area contributed by atoms with Gasteiger partial charge >= 0.3 is 0 Å². The lowest BCUT2D eigenvalue weighted by atomic mass is 9.53. The number of benzene rings is 1. The Hall–Kier alpha value is -1.72. The van der Waals surface area contributed by atoms with Crippen molar-refractivity contribution in [2.75, 3.05) is 45.4 Å². The molecule has 5 nitrogen and oxygen atoms in total. The molecule has 1 aromatic carbocycles. The maximum atomic E-state index is 6.44. The van der Waals surface area contributed by atoms with Gasteiger partial charge < -0.3 is 19.1 Å². The van der Waals surface area contributed by atoms with Gasteiger partial charge in [-0.2, -0.15) is 0 Å². The number of fused-ring (bicyclic) bond motifs is 2. The lowest BCUT2D eigenvalue weighted by Gasteiger charge is -2.59. The summed E-state index contributed by atoms with van der Waals surface area (Å²) in [7, 11) is 3.51. The van der Waals surface area contributed by atoms with Crippen molar-refractivity contribution in [3.05, 3.63) is 29.3 Å². The number of nitrogens with zero attached hydrogens (tertiary/aromatic N) is 2. The highest BCUT2D eigenvalue weighted by Gasteiger charge is 2.69. The minimum atomic E-state index is 0.216. The highest BCUT2D eigenvalue weighted by molar-refractivity contribution is 5.72. The predicted molar refractivity (Wildman–Crippen MR) is 106 cm³/mol. The monoisotopic (exact) mass is 380 g/mol. The quantitative estimate of drug-likeness (QED) is 0.737. The van der Waals surface area contributed by atoms with Gasteiger partial charge in [0, 0.05) is 48.3 Å². The summed E-state index contributed by atoms with van der Waals surface area (Å²) >= 11 is 0. The highest BCUT2D eigenvalue weighted by Crippen LogP contribution is 2.66. The SMILES string of the molecule is COc1cc2c(cc1OC)[C@]13CCN4CC5=CCO[C@@H]6CCN2[C@H]1[C@H]6[C@H]5C[C@H]43. The van der Waals surface area contributed by atoms with Gasteiger partial charge in [0.1, 0.15) is 0 Å². The minimum Gasteiger partial charge on any atom is -0.493 e. The van der Waals surface area contributed by atoms with E-state index in [0.717, 1.165) is 37.6 Å². The molecular formula is C23H28N2O3. The third-order valence-electron chi connectivity index (χ3n) is 8.93. The van der Waals surface area contributed by atoms with E-state index in [1.54, 1.807) is 19.8 Å². The maximum Gasteiger partial charge on any atom is 0.162 e. The Bertz CT molecular complexity index is 898. The molecule has 2 bridgehead atoms. The Labute approximate surface area is 166 Å². The average Bonchev–Trinajstić information content (AvgIpc) is 3.18. The Balaban J connectivity index is 1.50. The normalized spacial score (nSPS) is 42.0. The summed E-state index contributed by atoms with van der Waals surface area (Å²) < 4.78 is 17.9. The largest absolute Gasteiger partial charge is 0.493 e. The fraction of sp³-hybridized carbons (Fsp3) is 0.652. The van der Waals surface area contributed by atoms with Crippen molar-refractivity contribution in [1.29, 1.82) is 0 Å². The van der Waals surface area contributed by atoms with E-state index in [2.05, 4.69) is 28.0 Å². The molecule has 7 rings (SSSR count). The van der Waals surface area contributed by atoms with Gasteiger partial charge in [-0.1, -0.05) is 11.6 Å². The van der Waals surface area contributed by atoms with Gasteiger partial charge in [-0.25, -0.2) is 0 Å². The maximum absolute atomic E-state index is 6.44. The number of hydrogen-bond donors (Lipinski definition) is 0. The van der Waals surface area contributed by atoms with Crippen LogP contribution in [0.1, 0.15) is 24.8 Å². The standard InChI is InChI=1S/C23H28N2O3/c1-26-18-10-15-16(11-19(18)27-2)25-6-3-17-21-14-9-20-23(15,22(21)25)5-7-24(20)12-13(14)4-8-28-17/h4,10-11,14,17,20-22H,3,5-9,12H2,1-2H3/t14-,17+,20-,21-,22-,23-/m0/s1. The molecule has 1 spiro atoms. The van der Waals surface area contributed by atoms with Gasteiger partial charge in [-0.3, -0.25) is 4.90 Å². The summed E-state index contributed by atoms with van der Waals surface area (Å²) in [5.74, 6) is 3.05. The fourth-order valence-corrected chi connectivity index (χ4v) is 8.04. The Morgan fingerprint density at radius 3 is 2.86 bits per heavy atom. The van der Waals surface area contributed by atoms with E-state index in [1.165, 1.54) is 30.6 Å². The van der Waals surface area contributed by atoms with Crippen molar-refractivity contribution >= 4 is 5.69 Å². The summed E-state index contributed by atoms with van der Waals surface area (Å²) in [4.78, 5) is 5.51. The van der Waals surface area contributed by atoms with Gasteiger partial charge in [-0.15, -0.1) is 0 Å². The van der Waals surface area contributed by atoms with Crippen LogP contribution in [0.15, 0.2) is 23.8 Å². The number of ether oxygens (including phenoxy) is 3. The molecule has 5 heteroatoms. The van der Waals surface area contributed by atoms with Crippen LogP contribution in [0.25, 0.3) is 0 Å². The molecule has 0 radical (unpaired) electrons. The van der Waals surface area contributed by atoms with Crippen molar-refractivity contribution in [3.8, 4) is 11.5 Å². The van der Waals surface area contributed by atoms with E-state index in [4.69, 9.17) is 14.2 Å². The zero-order valence-corrected chi connectivity index (χ0v) is 16.7. The van der Waals surface area contributed by atoms with Crippen LogP contribution < -0.4 is 14.4 Å². The minimum absolute atomic E-state index is 0.216. The molecule has 4 fully saturated rings. The Kier molecular flexibility index (Phi) is 3.02. The molecule has 3 saturated heterocycles. The topological polar surface area (TPSA) is 34.2 Å². The van der Waals surface area contributed by atoms with Crippen molar-refractivity contribution in [1.82, 2.24) is 4.90 Å². The second-order valence-corrected chi connectivity index (χ2v) is 9.50. The molecule has 1 aromatic rings. The predicted octanol–water partition coefficient (Wildman–Crippen LogP) is 2.58. The summed E-state index contributed by atoms with van der Waals surface area (Å²) in [5.41, 5.74) is 4.78. The van der Waals surface area contributed by atoms with Crippen LogP contribution in [0.5, 0.6) is 11.5 Å². The van der Waals surface area contributed by atoms with E-state index < -0.39 is 0 Å². The molecule has 0 amide bonds. The molecule has 5 heterocycles. The lowest BCUT2D eigenvalue weighted by molar-refractivity contribution is -0.0566. The van der Waals surface area contributed by atoms with Crippen LogP contribution in [0, 0.1) is 11.8 Å². The molecule has 0 unspecified atom stereocenters. The summed E-state index contributed by atoms with van der Waals surface area (Å²) in [6.07, 6.45) is 6.52. The van der Waals surface area contributed by atoms with Crippen molar-refractivity contribution in [2.45, 2.75) is 42.9 Å². The van der Waals surface area contributed by atoms with Crippen LogP contribution in [0.2, 0.25) is 0 Å². The van der Waals surface area contributed by atoms with Gasteiger partial charge in [0.05, 0.1) is 26.9 Å². The number of hydrogen-bond acceptors (Lipinski definition) is 5. The van der Waals surface area contributed by atoms with E-state index in [9.17, 15) is 0 Å². The first-order chi connectivity index (χ1) is 13.8. The van der Waals surface area contributed by atoms with E-state index >= 15 is 0 Å². The lowest BCUT2D eigenvalue weighted by Crippen LogP contribution is -2.68. The third kappa shape index (κ3) is 1.65. The van der Waals surface area contributed by atoms with Gasteiger partial charge in [0.25, 0.3) is 0 Å². The second kappa shape index (κ2) is 5.25. The molecule has 0 N–H and O–H groups in total. The van der Waals surface area contributed by atoms with Crippen LogP contribution in [0.3, 0.4) is 0 Å². The first-order valence-electron chi connectivity index (χ1n) is 10.8. The average molecular weight is 380 g/mol. The highest BCUT2D eigenvalue weighted by atomic mass is 16.5. The van der Waals surface area contributed by atoms with Crippen molar-refractivity contribution in [3.63, 3.8) is 0 Å². The molecule has 28 heavy (non-hydrogen) atoms. The molecule has 5 aliphatic heterocycles. The van der Waals surface area contributed by atoms with Gasteiger partial charge in [0.15, 0.2) is 11.5 Å². The van der Waals surface area contributed by atoms with Crippen molar-refractivity contribution in [2.24, 2.45) is 11.8 Å². The van der Waals surface area contributed by atoms with E-state index in [-0.39, 0.29) is 5.41 Å². The number of piperidine rings is 2. The smallest absolute Gasteiger partial charge is 0.162 e. The zero-order valence-electron chi connectivity index (χ0n) is 16.7. The van der Waals surface area contributed by atoms with Crippen LogP contribution in [0.4, 0.5) is 5.69 Å². The molecule has 1 saturated carbocycles. The fourth-order valence-electron chi connectivity index (χ4n) is 8.04.